The maximum absolute atomic E-state index is 5.47. The largest absolute Gasteiger partial charge is 0.496 e. The molecule has 1 aromatic heterocycles. The first-order chi connectivity index (χ1) is 12.2. The van der Waals surface area contributed by atoms with Gasteiger partial charge in [0, 0.05) is 17.5 Å². The number of anilines is 1. The monoisotopic (exact) mass is 339 g/mol. The lowest BCUT2D eigenvalue weighted by Gasteiger charge is -2.17. The zero-order chi connectivity index (χ0) is 17.8. The Bertz CT molecular complexity index is 871. The molecule has 0 aliphatic rings. The van der Waals surface area contributed by atoms with E-state index < -0.39 is 0 Å². The number of hydrogen-bond donors (Lipinski definition) is 1. The van der Waals surface area contributed by atoms with E-state index in [1.807, 2.05) is 43.3 Å². The Labute approximate surface area is 146 Å². The third-order valence-electron chi connectivity index (χ3n) is 3.94. The van der Waals surface area contributed by atoms with Gasteiger partial charge in [0.2, 0.25) is 0 Å². The maximum atomic E-state index is 5.47. The molecule has 0 bridgehead atoms. The first-order valence-corrected chi connectivity index (χ1v) is 7.92. The SMILES string of the molecule is COc1cc(OC)c(NCc2nc(C)nc3ccccc23)c(OC)c1. The summed E-state index contributed by atoms with van der Waals surface area (Å²) in [5.74, 6) is 2.70. The van der Waals surface area contributed by atoms with Crippen molar-refractivity contribution < 1.29 is 14.2 Å². The first-order valence-electron chi connectivity index (χ1n) is 7.92. The summed E-state index contributed by atoms with van der Waals surface area (Å²) in [5, 5.41) is 4.40. The van der Waals surface area contributed by atoms with Crippen molar-refractivity contribution in [2.24, 2.45) is 0 Å². The normalized spacial score (nSPS) is 10.6. The summed E-state index contributed by atoms with van der Waals surface area (Å²) in [7, 11) is 4.84. The molecule has 0 saturated carbocycles. The van der Waals surface area contributed by atoms with Crippen LogP contribution in [0.5, 0.6) is 17.2 Å². The van der Waals surface area contributed by atoms with Crippen LogP contribution in [0.1, 0.15) is 11.5 Å². The van der Waals surface area contributed by atoms with Gasteiger partial charge in [-0.15, -0.1) is 0 Å². The van der Waals surface area contributed by atoms with Crippen molar-refractivity contribution >= 4 is 16.6 Å². The topological polar surface area (TPSA) is 65.5 Å². The van der Waals surface area contributed by atoms with Crippen molar-refractivity contribution in [3.05, 3.63) is 47.9 Å². The number of ether oxygens (including phenoxy) is 3. The lowest BCUT2D eigenvalue weighted by Crippen LogP contribution is -2.07. The van der Waals surface area contributed by atoms with Crippen molar-refractivity contribution in [3.63, 3.8) is 0 Å². The highest BCUT2D eigenvalue weighted by molar-refractivity contribution is 5.81. The van der Waals surface area contributed by atoms with Gasteiger partial charge in [-0.1, -0.05) is 18.2 Å². The van der Waals surface area contributed by atoms with Crippen LogP contribution in [0.2, 0.25) is 0 Å². The van der Waals surface area contributed by atoms with E-state index >= 15 is 0 Å². The Balaban J connectivity index is 1.97. The van der Waals surface area contributed by atoms with Gasteiger partial charge in [0.25, 0.3) is 0 Å². The van der Waals surface area contributed by atoms with Crippen LogP contribution in [0.15, 0.2) is 36.4 Å². The van der Waals surface area contributed by atoms with Gasteiger partial charge >= 0.3 is 0 Å². The van der Waals surface area contributed by atoms with Gasteiger partial charge in [-0.2, -0.15) is 0 Å². The molecule has 0 amide bonds. The fourth-order valence-corrected chi connectivity index (χ4v) is 2.76. The minimum Gasteiger partial charge on any atom is -0.496 e. The standard InChI is InChI=1S/C19H21N3O3/c1-12-21-15-8-6-5-7-14(15)16(22-12)11-20-19-17(24-3)9-13(23-2)10-18(19)25-4/h5-10,20H,11H2,1-4H3. The number of hydrogen-bond acceptors (Lipinski definition) is 6. The second-order valence-electron chi connectivity index (χ2n) is 5.50. The summed E-state index contributed by atoms with van der Waals surface area (Å²) < 4.78 is 16.2. The Morgan fingerprint density at radius 2 is 1.60 bits per heavy atom. The molecular formula is C19H21N3O3. The molecular weight excluding hydrogens is 318 g/mol. The number of para-hydroxylation sites is 1. The minimum absolute atomic E-state index is 0.517. The van der Waals surface area contributed by atoms with E-state index in [0.29, 0.717) is 23.8 Å². The highest BCUT2D eigenvalue weighted by Crippen LogP contribution is 2.39. The van der Waals surface area contributed by atoms with Gasteiger partial charge in [0.15, 0.2) is 0 Å². The summed E-state index contributed by atoms with van der Waals surface area (Å²) in [5.41, 5.74) is 2.61. The molecule has 3 rings (SSSR count). The molecule has 0 saturated heterocycles. The first kappa shape index (κ1) is 16.8. The van der Waals surface area contributed by atoms with Crippen molar-refractivity contribution in [1.29, 1.82) is 0 Å². The molecule has 25 heavy (non-hydrogen) atoms. The molecule has 0 unspecified atom stereocenters. The summed E-state index contributed by atoms with van der Waals surface area (Å²) in [6.45, 7) is 2.41. The van der Waals surface area contributed by atoms with E-state index in [1.54, 1.807) is 21.3 Å². The van der Waals surface area contributed by atoms with Gasteiger partial charge in [-0.25, -0.2) is 9.97 Å². The van der Waals surface area contributed by atoms with Crippen LogP contribution in [0.4, 0.5) is 5.69 Å². The third kappa shape index (κ3) is 3.42. The summed E-state index contributed by atoms with van der Waals surface area (Å²) in [6.07, 6.45) is 0. The molecule has 0 aliphatic carbocycles. The molecule has 130 valence electrons. The van der Waals surface area contributed by atoms with Gasteiger partial charge in [0.05, 0.1) is 39.1 Å². The zero-order valence-corrected chi connectivity index (χ0v) is 14.8. The average Bonchev–Trinajstić information content (AvgIpc) is 2.65. The number of fused-ring (bicyclic) bond motifs is 1. The van der Waals surface area contributed by atoms with Gasteiger partial charge in [-0.3, -0.25) is 0 Å². The van der Waals surface area contributed by atoms with Gasteiger partial charge in [0.1, 0.15) is 28.8 Å². The number of aromatic nitrogens is 2. The van der Waals surface area contributed by atoms with E-state index in [2.05, 4.69) is 15.3 Å². The number of rotatable bonds is 6. The summed E-state index contributed by atoms with van der Waals surface area (Å²) in [6, 6.07) is 11.6. The molecule has 0 spiro atoms. The Morgan fingerprint density at radius 3 is 2.24 bits per heavy atom. The van der Waals surface area contributed by atoms with Crippen LogP contribution < -0.4 is 19.5 Å². The minimum atomic E-state index is 0.517. The predicted molar refractivity (Wildman–Crippen MR) is 97.7 cm³/mol. The average molecular weight is 339 g/mol. The molecule has 6 heteroatoms. The number of nitrogens with zero attached hydrogens (tertiary/aromatic N) is 2. The van der Waals surface area contributed by atoms with Crippen LogP contribution in [0.25, 0.3) is 10.9 Å². The number of methoxy groups -OCH3 is 3. The highest BCUT2D eigenvalue weighted by atomic mass is 16.5. The summed E-state index contributed by atoms with van der Waals surface area (Å²) >= 11 is 0. The fraction of sp³-hybridized carbons (Fsp3) is 0.263. The van der Waals surface area contributed by atoms with Crippen LogP contribution in [-0.2, 0) is 6.54 Å². The van der Waals surface area contributed by atoms with Crippen molar-refractivity contribution in [1.82, 2.24) is 9.97 Å². The second kappa shape index (κ2) is 7.25. The molecule has 0 fully saturated rings. The third-order valence-corrected chi connectivity index (χ3v) is 3.94. The van der Waals surface area contributed by atoms with Crippen molar-refractivity contribution in [3.8, 4) is 17.2 Å². The van der Waals surface area contributed by atoms with E-state index in [-0.39, 0.29) is 0 Å². The molecule has 0 aliphatic heterocycles. The van der Waals surface area contributed by atoms with Crippen molar-refractivity contribution in [2.75, 3.05) is 26.6 Å². The van der Waals surface area contributed by atoms with Crippen LogP contribution in [0, 0.1) is 6.92 Å². The van der Waals surface area contributed by atoms with Crippen LogP contribution >= 0.6 is 0 Å². The molecule has 3 aromatic rings. The summed E-state index contributed by atoms with van der Waals surface area (Å²) in [4.78, 5) is 9.06. The highest BCUT2D eigenvalue weighted by Gasteiger charge is 2.14. The van der Waals surface area contributed by atoms with E-state index in [4.69, 9.17) is 14.2 Å². The Morgan fingerprint density at radius 1 is 0.920 bits per heavy atom. The molecule has 6 nitrogen and oxygen atoms in total. The van der Waals surface area contributed by atoms with E-state index in [0.717, 1.165) is 28.1 Å². The number of benzene rings is 2. The lowest BCUT2D eigenvalue weighted by atomic mass is 10.1. The smallest absolute Gasteiger partial charge is 0.149 e. The molecule has 1 N–H and O–H groups in total. The van der Waals surface area contributed by atoms with Gasteiger partial charge in [-0.05, 0) is 13.0 Å². The van der Waals surface area contributed by atoms with Crippen LogP contribution in [-0.4, -0.2) is 31.3 Å². The van der Waals surface area contributed by atoms with Crippen LogP contribution in [0.3, 0.4) is 0 Å². The number of aryl methyl sites for hydroxylation is 1. The molecule has 2 aromatic carbocycles. The Hall–Kier alpha value is -3.02. The molecule has 0 atom stereocenters. The van der Waals surface area contributed by atoms with E-state index in [1.165, 1.54) is 0 Å². The van der Waals surface area contributed by atoms with Gasteiger partial charge < -0.3 is 19.5 Å². The second-order valence-corrected chi connectivity index (χ2v) is 5.50. The lowest BCUT2D eigenvalue weighted by molar-refractivity contribution is 0.377. The predicted octanol–water partition coefficient (Wildman–Crippen LogP) is 3.58. The molecule has 1 heterocycles. The maximum Gasteiger partial charge on any atom is 0.149 e. The fourth-order valence-electron chi connectivity index (χ4n) is 2.76. The number of nitrogens with one attached hydrogen (secondary N) is 1. The van der Waals surface area contributed by atoms with Crippen molar-refractivity contribution in [2.45, 2.75) is 13.5 Å². The quantitative estimate of drug-likeness (QED) is 0.740. The van der Waals surface area contributed by atoms with E-state index in [9.17, 15) is 0 Å². The molecule has 0 radical (unpaired) electrons. The zero-order valence-electron chi connectivity index (χ0n) is 14.8. The Kier molecular flexibility index (Phi) is 4.88.